The molecule has 1 aliphatic heterocycles. The molecule has 0 aromatic carbocycles. The van der Waals surface area contributed by atoms with Gasteiger partial charge in [-0.2, -0.15) is 5.26 Å². The zero-order chi connectivity index (χ0) is 15.2. The standard InChI is InChI=1S/C16H31N3O/c1-14(2)18-16(5,12-17)8-6-7-9-19-10-11-20-13-15(19,3)4/h14,18H,6-11,13H2,1-5H3. The molecule has 0 spiro atoms. The fourth-order valence-corrected chi connectivity index (χ4v) is 2.88. The van der Waals surface area contributed by atoms with Crippen molar-refractivity contribution in [1.82, 2.24) is 10.2 Å². The molecule has 0 amide bonds. The number of unbranched alkanes of at least 4 members (excludes halogenated alkanes) is 1. The summed E-state index contributed by atoms with van der Waals surface area (Å²) < 4.78 is 5.54. The van der Waals surface area contributed by atoms with Crippen LogP contribution in [-0.4, -0.2) is 48.3 Å². The van der Waals surface area contributed by atoms with Crippen LogP contribution >= 0.6 is 0 Å². The van der Waals surface area contributed by atoms with E-state index in [4.69, 9.17) is 4.74 Å². The Kier molecular flexibility index (Phi) is 6.44. The van der Waals surface area contributed by atoms with E-state index in [1.807, 2.05) is 6.92 Å². The largest absolute Gasteiger partial charge is 0.378 e. The first kappa shape index (κ1) is 17.4. The smallest absolute Gasteiger partial charge is 0.104 e. The van der Waals surface area contributed by atoms with Crippen LogP contribution in [0.25, 0.3) is 0 Å². The van der Waals surface area contributed by atoms with Crippen LogP contribution in [0.15, 0.2) is 0 Å². The molecule has 0 aliphatic carbocycles. The van der Waals surface area contributed by atoms with Crippen LogP contribution in [-0.2, 0) is 4.74 Å². The van der Waals surface area contributed by atoms with Gasteiger partial charge < -0.3 is 4.74 Å². The van der Waals surface area contributed by atoms with E-state index in [9.17, 15) is 5.26 Å². The molecule has 0 bridgehead atoms. The Balaban J connectivity index is 2.32. The van der Waals surface area contributed by atoms with Gasteiger partial charge in [-0.05, 0) is 60.4 Å². The monoisotopic (exact) mass is 281 g/mol. The van der Waals surface area contributed by atoms with Crippen LogP contribution in [0.4, 0.5) is 0 Å². The Morgan fingerprint density at radius 3 is 2.65 bits per heavy atom. The molecule has 116 valence electrons. The van der Waals surface area contributed by atoms with Crippen molar-refractivity contribution in [3.8, 4) is 6.07 Å². The first-order valence-electron chi connectivity index (χ1n) is 7.81. The molecule has 20 heavy (non-hydrogen) atoms. The predicted molar refractivity (Wildman–Crippen MR) is 82.6 cm³/mol. The summed E-state index contributed by atoms with van der Waals surface area (Å²) in [5, 5.41) is 12.7. The fourth-order valence-electron chi connectivity index (χ4n) is 2.88. The highest BCUT2D eigenvalue weighted by Gasteiger charge is 2.30. The third kappa shape index (κ3) is 5.40. The molecule has 0 radical (unpaired) electrons. The molecule has 1 saturated heterocycles. The van der Waals surface area contributed by atoms with Gasteiger partial charge in [-0.1, -0.05) is 0 Å². The molecule has 1 fully saturated rings. The molecule has 1 rings (SSSR count). The summed E-state index contributed by atoms with van der Waals surface area (Å²) in [6.45, 7) is 14.4. The van der Waals surface area contributed by atoms with Crippen molar-refractivity contribution in [2.24, 2.45) is 0 Å². The number of morpholine rings is 1. The van der Waals surface area contributed by atoms with Crippen LogP contribution < -0.4 is 5.32 Å². The SMILES string of the molecule is CC(C)NC(C)(C#N)CCCCN1CCOCC1(C)C. The lowest BCUT2D eigenvalue weighted by molar-refractivity contribution is -0.0514. The molecule has 1 unspecified atom stereocenters. The second-order valence-electron chi connectivity index (χ2n) is 7.05. The van der Waals surface area contributed by atoms with E-state index in [0.717, 1.165) is 45.6 Å². The first-order chi connectivity index (χ1) is 9.29. The zero-order valence-corrected chi connectivity index (χ0v) is 13.8. The van der Waals surface area contributed by atoms with E-state index in [2.05, 4.69) is 44.0 Å². The van der Waals surface area contributed by atoms with Crippen molar-refractivity contribution < 1.29 is 4.74 Å². The van der Waals surface area contributed by atoms with Crippen LogP contribution in [0.3, 0.4) is 0 Å². The Bertz CT molecular complexity index is 335. The summed E-state index contributed by atoms with van der Waals surface area (Å²) in [4.78, 5) is 2.51. The van der Waals surface area contributed by atoms with E-state index in [1.165, 1.54) is 0 Å². The lowest BCUT2D eigenvalue weighted by Crippen LogP contribution is -2.53. The number of nitrogens with one attached hydrogen (secondary N) is 1. The molecular formula is C16H31N3O. The van der Waals surface area contributed by atoms with Gasteiger partial charge in [0.15, 0.2) is 0 Å². The van der Waals surface area contributed by atoms with Gasteiger partial charge in [0.05, 0.1) is 19.3 Å². The highest BCUT2D eigenvalue weighted by molar-refractivity contribution is 5.04. The summed E-state index contributed by atoms with van der Waals surface area (Å²) in [6.07, 6.45) is 3.13. The molecule has 0 saturated carbocycles. The minimum absolute atomic E-state index is 0.146. The zero-order valence-electron chi connectivity index (χ0n) is 13.8. The lowest BCUT2D eigenvalue weighted by atomic mass is 9.95. The second kappa shape index (κ2) is 7.40. The normalized spacial score (nSPS) is 22.4. The number of ether oxygens (including phenoxy) is 1. The Morgan fingerprint density at radius 2 is 2.10 bits per heavy atom. The third-order valence-electron chi connectivity index (χ3n) is 4.03. The third-order valence-corrected chi connectivity index (χ3v) is 4.03. The van der Waals surface area contributed by atoms with E-state index in [-0.39, 0.29) is 5.54 Å². The number of hydrogen-bond donors (Lipinski definition) is 1. The van der Waals surface area contributed by atoms with Gasteiger partial charge in [0, 0.05) is 18.1 Å². The Hall–Kier alpha value is -0.630. The van der Waals surface area contributed by atoms with Gasteiger partial charge in [0.1, 0.15) is 5.54 Å². The number of nitrogens with zero attached hydrogens (tertiary/aromatic N) is 2. The molecule has 1 aliphatic rings. The van der Waals surface area contributed by atoms with Gasteiger partial charge in [-0.3, -0.25) is 10.2 Å². The molecule has 1 heterocycles. The van der Waals surface area contributed by atoms with Crippen molar-refractivity contribution in [2.75, 3.05) is 26.3 Å². The van der Waals surface area contributed by atoms with Gasteiger partial charge in [-0.15, -0.1) is 0 Å². The summed E-state index contributed by atoms with van der Waals surface area (Å²) >= 11 is 0. The van der Waals surface area contributed by atoms with Crippen molar-refractivity contribution in [3.63, 3.8) is 0 Å². The molecule has 0 aromatic heterocycles. The highest BCUT2D eigenvalue weighted by Crippen LogP contribution is 2.20. The first-order valence-corrected chi connectivity index (χ1v) is 7.81. The fraction of sp³-hybridized carbons (Fsp3) is 0.938. The number of hydrogen-bond acceptors (Lipinski definition) is 4. The predicted octanol–water partition coefficient (Wildman–Crippen LogP) is 2.55. The molecule has 4 nitrogen and oxygen atoms in total. The highest BCUT2D eigenvalue weighted by atomic mass is 16.5. The van der Waals surface area contributed by atoms with Crippen molar-refractivity contribution in [2.45, 2.75) is 71.0 Å². The second-order valence-corrected chi connectivity index (χ2v) is 7.05. The summed E-state index contributed by atoms with van der Waals surface area (Å²) in [5.41, 5.74) is -0.248. The van der Waals surface area contributed by atoms with E-state index >= 15 is 0 Å². The Morgan fingerprint density at radius 1 is 1.40 bits per heavy atom. The van der Waals surface area contributed by atoms with Crippen LogP contribution in [0.5, 0.6) is 0 Å². The van der Waals surface area contributed by atoms with Gasteiger partial charge in [-0.25, -0.2) is 0 Å². The molecule has 4 heteroatoms. The van der Waals surface area contributed by atoms with Crippen LogP contribution in [0.1, 0.15) is 53.9 Å². The van der Waals surface area contributed by atoms with E-state index < -0.39 is 5.54 Å². The van der Waals surface area contributed by atoms with Gasteiger partial charge in [0.2, 0.25) is 0 Å². The van der Waals surface area contributed by atoms with Crippen molar-refractivity contribution >= 4 is 0 Å². The molecule has 1 atom stereocenters. The molecular weight excluding hydrogens is 250 g/mol. The minimum Gasteiger partial charge on any atom is -0.378 e. The molecule has 1 N–H and O–H groups in total. The quantitative estimate of drug-likeness (QED) is 0.729. The average molecular weight is 281 g/mol. The average Bonchev–Trinajstić information content (AvgIpc) is 2.35. The maximum Gasteiger partial charge on any atom is 0.104 e. The number of rotatable bonds is 7. The number of nitriles is 1. The van der Waals surface area contributed by atoms with Crippen molar-refractivity contribution in [1.29, 1.82) is 5.26 Å². The Labute approximate surface area is 124 Å². The van der Waals surface area contributed by atoms with Crippen LogP contribution in [0.2, 0.25) is 0 Å². The van der Waals surface area contributed by atoms with E-state index in [0.29, 0.717) is 6.04 Å². The molecule has 0 aromatic rings. The van der Waals surface area contributed by atoms with Crippen molar-refractivity contribution in [3.05, 3.63) is 0 Å². The maximum atomic E-state index is 9.33. The topological polar surface area (TPSA) is 48.3 Å². The summed E-state index contributed by atoms with van der Waals surface area (Å²) in [6, 6.07) is 2.76. The van der Waals surface area contributed by atoms with Crippen LogP contribution in [0, 0.1) is 11.3 Å². The summed E-state index contributed by atoms with van der Waals surface area (Å²) in [5.74, 6) is 0. The minimum atomic E-state index is -0.394. The summed E-state index contributed by atoms with van der Waals surface area (Å²) in [7, 11) is 0. The van der Waals surface area contributed by atoms with Gasteiger partial charge >= 0.3 is 0 Å². The lowest BCUT2D eigenvalue weighted by Gasteiger charge is -2.42. The van der Waals surface area contributed by atoms with Gasteiger partial charge in [0.25, 0.3) is 0 Å². The maximum absolute atomic E-state index is 9.33. The van der Waals surface area contributed by atoms with E-state index in [1.54, 1.807) is 0 Å².